The highest BCUT2D eigenvalue weighted by molar-refractivity contribution is 5.69. The smallest absolute Gasteiger partial charge is 0.0568 e. The summed E-state index contributed by atoms with van der Waals surface area (Å²) in [6.07, 6.45) is 0. The first-order valence-electron chi connectivity index (χ1n) is 4.92. The maximum atomic E-state index is 5.71. The third-order valence-electron chi connectivity index (χ3n) is 2.48. The summed E-state index contributed by atoms with van der Waals surface area (Å²) in [5.41, 5.74) is 13.6. The minimum absolute atomic E-state index is 0.429. The second-order valence-electron chi connectivity index (χ2n) is 4.02. The molecule has 5 N–H and O–H groups in total. The lowest BCUT2D eigenvalue weighted by Gasteiger charge is -2.19. The van der Waals surface area contributed by atoms with Crippen molar-refractivity contribution < 1.29 is 0 Å². The summed E-state index contributed by atoms with van der Waals surface area (Å²) in [6, 6.07) is 6.07. The Hall–Kier alpha value is -1.38. The molecule has 3 nitrogen and oxygen atoms in total. The Balaban J connectivity index is 2.73. The molecule has 0 aliphatic heterocycles. The molecule has 0 aromatic heterocycles. The molecule has 78 valence electrons. The number of anilines is 3. The SMILES string of the molecule is CC(C)C(C)Nc1ccc(N)c(N)c1. The van der Waals surface area contributed by atoms with Crippen LogP contribution in [0.2, 0.25) is 0 Å². The van der Waals surface area contributed by atoms with Crippen LogP contribution in [0.3, 0.4) is 0 Å². The monoisotopic (exact) mass is 193 g/mol. The molecule has 0 heterocycles. The molecular formula is C11H19N3. The van der Waals surface area contributed by atoms with Gasteiger partial charge in [0.2, 0.25) is 0 Å². The van der Waals surface area contributed by atoms with Gasteiger partial charge in [-0.05, 0) is 31.0 Å². The van der Waals surface area contributed by atoms with Crippen molar-refractivity contribution in [1.82, 2.24) is 0 Å². The van der Waals surface area contributed by atoms with Crippen LogP contribution in [0.4, 0.5) is 17.1 Å². The van der Waals surface area contributed by atoms with Crippen LogP contribution in [-0.2, 0) is 0 Å². The van der Waals surface area contributed by atoms with Gasteiger partial charge in [0.15, 0.2) is 0 Å². The Morgan fingerprint density at radius 3 is 2.21 bits per heavy atom. The molecule has 0 fully saturated rings. The fourth-order valence-electron chi connectivity index (χ4n) is 1.09. The van der Waals surface area contributed by atoms with Crippen LogP contribution in [0.1, 0.15) is 20.8 Å². The number of hydrogen-bond donors (Lipinski definition) is 3. The van der Waals surface area contributed by atoms with Crippen molar-refractivity contribution in [3.8, 4) is 0 Å². The lowest BCUT2D eigenvalue weighted by atomic mass is 10.1. The third kappa shape index (κ3) is 2.55. The first-order valence-corrected chi connectivity index (χ1v) is 4.92. The van der Waals surface area contributed by atoms with Gasteiger partial charge in [-0.1, -0.05) is 13.8 Å². The topological polar surface area (TPSA) is 64.1 Å². The molecule has 0 aliphatic rings. The van der Waals surface area contributed by atoms with Gasteiger partial charge in [-0.3, -0.25) is 0 Å². The van der Waals surface area contributed by atoms with Crippen LogP contribution < -0.4 is 16.8 Å². The van der Waals surface area contributed by atoms with Gasteiger partial charge in [0, 0.05) is 11.7 Å². The standard InChI is InChI=1S/C11H19N3/c1-7(2)8(3)14-9-4-5-10(12)11(13)6-9/h4-8,14H,12-13H2,1-3H3. The number of benzene rings is 1. The summed E-state index contributed by atoms with van der Waals surface area (Å²) in [7, 11) is 0. The van der Waals surface area contributed by atoms with Crippen LogP contribution in [0.5, 0.6) is 0 Å². The molecule has 0 amide bonds. The van der Waals surface area contributed by atoms with E-state index in [0.29, 0.717) is 23.3 Å². The normalized spacial score (nSPS) is 12.9. The Kier molecular flexibility index (Phi) is 3.23. The molecule has 0 radical (unpaired) electrons. The first kappa shape index (κ1) is 10.7. The van der Waals surface area contributed by atoms with Crippen LogP contribution in [0, 0.1) is 5.92 Å². The molecule has 14 heavy (non-hydrogen) atoms. The Morgan fingerprint density at radius 1 is 1.07 bits per heavy atom. The van der Waals surface area contributed by atoms with E-state index in [2.05, 4.69) is 26.1 Å². The van der Waals surface area contributed by atoms with Gasteiger partial charge in [-0.25, -0.2) is 0 Å². The molecule has 0 saturated heterocycles. The van der Waals surface area contributed by atoms with Crippen LogP contribution in [0.25, 0.3) is 0 Å². The summed E-state index contributed by atoms with van der Waals surface area (Å²) >= 11 is 0. The summed E-state index contributed by atoms with van der Waals surface area (Å²) in [6.45, 7) is 6.51. The van der Waals surface area contributed by atoms with E-state index in [1.807, 2.05) is 18.2 Å². The highest BCUT2D eigenvalue weighted by atomic mass is 14.9. The van der Waals surface area contributed by atoms with E-state index >= 15 is 0 Å². The van der Waals surface area contributed by atoms with Crippen LogP contribution in [0.15, 0.2) is 18.2 Å². The Morgan fingerprint density at radius 2 is 1.71 bits per heavy atom. The van der Waals surface area contributed by atoms with Gasteiger partial charge in [-0.15, -0.1) is 0 Å². The Bertz CT molecular complexity index is 307. The molecular weight excluding hydrogens is 174 g/mol. The fraction of sp³-hybridized carbons (Fsp3) is 0.455. The summed E-state index contributed by atoms with van der Waals surface area (Å²) in [5, 5.41) is 3.37. The van der Waals surface area contributed by atoms with E-state index in [-0.39, 0.29) is 0 Å². The maximum absolute atomic E-state index is 5.71. The van der Waals surface area contributed by atoms with Gasteiger partial charge in [-0.2, -0.15) is 0 Å². The van der Waals surface area contributed by atoms with E-state index in [9.17, 15) is 0 Å². The largest absolute Gasteiger partial charge is 0.397 e. The quantitative estimate of drug-likeness (QED) is 0.645. The number of hydrogen-bond acceptors (Lipinski definition) is 3. The Labute approximate surface area is 85.5 Å². The third-order valence-corrected chi connectivity index (χ3v) is 2.48. The zero-order chi connectivity index (χ0) is 10.7. The molecule has 1 rings (SSSR count). The van der Waals surface area contributed by atoms with Gasteiger partial charge >= 0.3 is 0 Å². The first-order chi connectivity index (χ1) is 6.50. The molecule has 1 atom stereocenters. The van der Waals surface area contributed by atoms with Crippen LogP contribution >= 0.6 is 0 Å². The van der Waals surface area contributed by atoms with Crippen molar-refractivity contribution in [3.05, 3.63) is 18.2 Å². The molecule has 0 bridgehead atoms. The van der Waals surface area contributed by atoms with Crippen molar-refractivity contribution in [3.63, 3.8) is 0 Å². The lowest BCUT2D eigenvalue weighted by Crippen LogP contribution is -2.21. The molecule has 0 saturated carbocycles. The summed E-state index contributed by atoms with van der Waals surface area (Å²) < 4.78 is 0. The van der Waals surface area contributed by atoms with Crippen molar-refractivity contribution in [2.45, 2.75) is 26.8 Å². The van der Waals surface area contributed by atoms with E-state index in [1.165, 1.54) is 0 Å². The lowest BCUT2D eigenvalue weighted by molar-refractivity contribution is 0.560. The average molecular weight is 193 g/mol. The van der Waals surface area contributed by atoms with E-state index < -0.39 is 0 Å². The second kappa shape index (κ2) is 4.22. The molecule has 1 unspecified atom stereocenters. The highest BCUT2D eigenvalue weighted by Crippen LogP contribution is 2.21. The van der Waals surface area contributed by atoms with E-state index in [1.54, 1.807) is 0 Å². The molecule has 3 heteroatoms. The van der Waals surface area contributed by atoms with Gasteiger partial charge < -0.3 is 16.8 Å². The number of rotatable bonds is 3. The molecule has 0 aliphatic carbocycles. The predicted molar refractivity (Wildman–Crippen MR) is 63.2 cm³/mol. The fourth-order valence-corrected chi connectivity index (χ4v) is 1.09. The maximum Gasteiger partial charge on any atom is 0.0568 e. The van der Waals surface area contributed by atoms with Crippen LogP contribution in [-0.4, -0.2) is 6.04 Å². The number of nitrogens with one attached hydrogen (secondary N) is 1. The number of nitrogen functional groups attached to an aromatic ring is 2. The minimum Gasteiger partial charge on any atom is -0.397 e. The van der Waals surface area contributed by atoms with Crippen molar-refractivity contribution in [2.24, 2.45) is 5.92 Å². The van der Waals surface area contributed by atoms with E-state index in [4.69, 9.17) is 11.5 Å². The second-order valence-corrected chi connectivity index (χ2v) is 4.02. The van der Waals surface area contributed by atoms with Crippen molar-refractivity contribution in [2.75, 3.05) is 16.8 Å². The van der Waals surface area contributed by atoms with E-state index in [0.717, 1.165) is 5.69 Å². The summed E-state index contributed by atoms with van der Waals surface area (Å²) in [4.78, 5) is 0. The van der Waals surface area contributed by atoms with Gasteiger partial charge in [0.25, 0.3) is 0 Å². The van der Waals surface area contributed by atoms with Gasteiger partial charge in [0.05, 0.1) is 11.4 Å². The molecule has 1 aromatic rings. The van der Waals surface area contributed by atoms with Crippen molar-refractivity contribution in [1.29, 1.82) is 0 Å². The summed E-state index contributed by atoms with van der Waals surface area (Å²) in [5.74, 6) is 0.591. The zero-order valence-electron chi connectivity index (χ0n) is 9.04. The van der Waals surface area contributed by atoms with Gasteiger partial charge in [0.1, 0.15) is 0 Å². The molecule has 0 spiro atoms. The molecule has 1 aromatic carbocycles. The predicted octanol–water partition coefficient (Wildman–Crippen LogP) is 2.31. The van der Waals surface area contributed by atoms with Crippen molar-refractivity contribution >= 4 is 17.1 Å². The average Bonchev–Trinajstić information content (AvgIpc) is 2.11. The minimum atomic E-state index is 0.429. The number of nitrogens with two attached hydrogens (primary N) is 2. The zero-order valence-corrected chi connectivity index (χ0v) is 9.04. The highest BCUT2D eigenvalue weighted by Gasteiger charge is 2.06.